The van der Waals surface area contributed by atoms with Crippen LogP contribution in [-0.2, 0) is 9.59 Å². The minimum Gasteiger partial charge on any atom is -0.507 e. The van der Waals surface area contributed by atoms with Gasteiger partial charge in [0.15, 0.2) is 0 Å². The van der Waals surface area contributed by atoms with E-state index in [0.29, 0.717) is 11.4 Å². The van der Waals surface area contributed by atoms with Crippen LogP contribution in [0.15, 0.2) is 48.5 Å². The standard InChI is InChI=1S/C21H23N3O3.CO2/c1-13-11-15(22)19-16(23-13)8-6-10-18(19)27-12-21(2,3)24-20(26)14-7-4-5-9-17(14)25;2-1-3/h4-11,25H,12H2,1-3H3,(H2,22,23)(H,24,26);. The topological polar surface area (TPSA) is 132 Å². The maximum atomic E-state index is 12.4. The highest BCUT2D eigenvalue weighted by molar-refractivity contribution is 5.97. The van der Waals surface area contributed by atoms with Gasteiger partial charge in [-0.25, -0.2) is 0 Å². The molecular formula is C22H23N3O5. The van der Waals surface area contributed by atoms with Gasteiger partial charge in [-0.05, 0) is 51.1 Å². The summed E-state index contributed by atoms with van der Waals surface area (Å²) in [6, 6.07) is 13.8. The van der Waals surface area contributed by atoms with E-state index in [2.05, 4.69) is 10.3 Å². The lowest BCUT2D eigenvalue weighted by molar-refractivity contribution is -0.191. The smallest absolute Gasteiger partial charge is 0.373 e. The largest absolute Gasteiger partial charge is 0.507 e. The lowest BCUT2D eigenvalue weighted by Gasteiger charge is -2.27. The number of carbonyl (C=O) groups excluding carboxylic acids is 3. The maximum Gasteiger partial charge on any atom is 0.373 e. The number of rotatable bonds is 5. The number of pyridine rings is 1. The summed E-state index contributed by atoms with van der Waals surface area (Å²) in [5.74, 6) is 0.189. The molecule has 0 unspecified atom stereocenters. The fraction of sp³-hybridized carbons (Fsp3) is 0.227. The zero-order valence-corrected chi connectivity index (χ0v) is 16.9. The van der Waals surface area contributed by atoms with Crippen molar-refractivity contribution in [2.45, 2.75) is 26.3 Å². The van der Waals surface area contributed by atoms with Crippen LogP contribution in [0, 0.1) is 6.92 Å². The molecule has 1 aromatic heterocycles. The number of hydrogen-bond donors (Lipinski definition) is 3. The molecule has 0 aliphatic heterocycles. The van der Waals surface area contributed by atoms with Gasteiger partial charge in [-0.1, -0.05) is 18.2 Å². The Morgan fingerprint density at radius 1 is 1.20 bits per heavy atom. The average Bonchev–Trinajstić information content (AvgIpc) is 2.66. The van der Waals surface area contributed by atoms with Crippen molar-refractivity contribution in [3.05, 3.63) is 59.8 Å². The zero-order valence-electron chi connectivity index (χ0n) is 16.9. The van der Waals surface area contributed by atoms with Gasteiger partial charge in [0.25, 0.3) is 5.91 Å². The molecule has 3 rings (SSSR count). The highest BCUT2D eigenvalue weighted by Crippen LogP contribution is 2.30. The van der Waals surface area contributed by atoms with Crippen molar-refractivity contribution >= 4 is 28.6 Å². The van der Waals surface area contributed by atoms with Crippen LogP contribution in [-0.4, -0.2) is 34.3 Å². The Bertz CT molecular complexity index is 1090. The number of phenols is 1. The fourth-order valence-corrected chi connectivity index (χ4v) is 2.88. The van der Waals surface area contributed by atoms with Gasteiger partial charge < -0.3 is 20.9 Å². The second-order valence-corrected chi connectivity index (χ2v) is 7.23. The Kier molecular flexibility index (Phi) is 7.12. The average molecular weight is 409 g/mol. The summed E-state index contributed by atoms with van der Waals surface area (Å²) in [5.41, 5.74) is 7.91. The Morgan fingerprint density at radius 3 is 2.53 bits per heavy atom. The lowest BCUT2D eigenvalue weighted by atomic mass is 10.1. The number of hydrogen-bond acceptors (Lipinski definition) is 7. The zero-order chi connectivity index (χ0) is 22.3. The molecule has 0 fully saturated rings. The number of para-hydroxylation sites is 1. The number of anilines is 1. The van der Waals surface area contributed by atoms with Gasteiger partial charge in [-0.2, -0.15) is 9.59 Å². The predicted molar refractivity (Wildman–Crippen MR) is 111 cm³/mol. The van der Waals surface area contributed by atoms with Gasteiger partial charge in [0, 0.05) is 11.4 Å². The normalized spacial score (nSPS) is 10.5. The number of fused-ring (bicyclic) bond motifs is 1. The van der Waals surface area contributed by atoms with Crippen molar-refractivity contribution in [3.63, 3.8) is 0 Å². The van der Waals surface area contributed by atoms with E-state index in [1.54, 1.807) is 24.3 Å². The summed E-state index contributed by atoms with van der Waals surface area (Å²) in [7, 11) is 0. The van der Waals surface area contributed by atoms with Gasteiger partial charge in [0.05, 0.1) is 22.0 Å². The van der Waals surface area contributed by atoms with E-state index >= 15 is 0 Å². The number of nitrogens with one attached hydrogen (secondary N) is 1. The molecule has 8 heteroatoms. The summed E-state index contributed by atoms with van der Waals surface area (Å²) in [6.45, 7) is 5.81. The van der Waals surface area contributed by atoms with Gasteiger partial charge in [0.2, 0.25) is 0 Å². The van der Waals surface area contributed by atoms with Crippen molar-refractivity contribution in [2.75, 3.05) is 12.3 Å². The number of aryl methyl sites for hydroxylation is 1. The van der Waals surface area contributed by atoms with Crippen LogP contribution in [0.1, 0.15) is 29.9 Å². The molecule has 0 aliphatic rings. The summed E-state index contributed by atoms with van der Waals surface area (Å²) in [5, 5.41) is 13.5. The van der Waals surface area contributed by atoms with E-state index in [1.165, 1.54) is 6.07 Å². The van der Waals surface area contributed by atoms with Crippen molar-refractivity contribution < 1.29 is 24.2 Å². The Morgan fingerprint density at radius 2 is 1.87 bits per heavy atom. The minimum atomic E-state index is -0.672. The first-order valence-corrected chi connectivity index (χ1v) is 9.07. The first-order chi connectivity index (χ1) is 14.2. The van der Waals surface area contributed by atoms with E-state index < -0.39 is 5.54 Å². The number of amides is 1. The number of benzene rings is 2. The Labute approximate surface area is 173 Å². The third-order valence-corrected chi connectivity index (χ3v) is 4.14. The van der Waals surface area contributed by atoms with Crippen molar-refractivity contribution in [3.8, 4) is 11.5 Å². The number of ether oxygens (including phenoxy) is 1. The number of phenolic OH excluding ortho intramolecular Hbond substituents is 1. The number of nitrogen functional groups attached to an aromatic ring is 1. The highest BCUT2D eigenvalue weighted by atomic mass is 16.5. The molecule has 1 amide bonds. The molecule has 0 spiro atoms. The van der Waals surface area contributed by atoms with Gasteiger partial charge in [0.1, 0.15) is 18.1 Å². The SMILES string of the molecule is Cc1cc(N)c2c(OCC(C)(C)NC(=O)c3ccccc3O)cccc2n1.O=C=O. The van der Waals surface area contributed by atoms with E-state index in [4.69, 9.17) is 20.1 Å². The number of aromatic nitrogens is 1. The number of nitrogens with zero attached hydrogens (tertiary/aromatic N) is 1. The molecular weight excluding hydrogens is 386 g/mol. The van der Waals surface area contributed by atoms with E-state index in [0.717, 1.165) is 16.6 Å². The first-order valence-electron chi connectivity index (χ1n) is 9.07. The molecule has 2 aromatic carbocycles. The van der Waals surface area contributed by atoms with Crippen LogP contribution in [0.25, 0.3) is 10.9 Å². The van der Waals surface area contributed by atoms with E-state index in [-0.39, 0.29) is 30.0 Å². The Balaban J connectivity index is 0.00000101. The molecule has 3 aromatic rings. The molecule has 4 N–H and O–H groups in total. The van der Waals surface area contributed by atoms with Crippen LogP contribution in [0.4, 0.5) is 5.69 Å². The van der Waals surface area contributed by atoms with Gasteiger partial charge in [-0.15, -0.1) is 0 Å². The molecule has 1 heterocycles. The molecule has 0 saturated carbocycles. The summed E-state index contributed by atoms with van der Waals surface area (Å²) >= 11 is 0. The van der Waals surface area contributed by atoms with Crippen LogP contribution >= 0.6 is 0 Å². The molecule has 0 bridgehead atoms. The number of carbonyl (C=O) groups is 1. The minimum absolute atomic E-state index is 0.0602. The number of nitrogens with two attached hydrogens (primary N) is 1. The summed E-state index contributed by atoms with van der Waals surface area (Å²) in [4.78, 5) is 33.2. The first kappa shape index (κ1) is 22.4. The van der Waals surface area contributed by atoms with Crippen molar-refractivity contribution in [1.82, 2.24) is 10.3 Å². The third-order valence-electron chi connectivity index (χ3n) is 4.14. The van der Waals surface area contributed by atoms with Crippen molar-refractivity contribution in [1.29, 1.82) is 0 Å². The van der Waals surface area contributed by atoms with Crippen LogP contribution in [0.3, 0.4) is 0 Å². The monoisotopic (exact) mass is 409 g/mol. The second-order valence-electron chi connectivity index (χ2n) is 7.23. The van der Waals surface area contributed by atoms with Crippen LogP contribution in [0.5, 0.6) is 11.5 Å². The molecule has 0 saturated heterocycles. The van der Waals surface area contributed by atoms with Gasteiger partial charge in [-0.3, -0.25) is 9.78 Å². The van der Waals surface area contributed by atoms with E-state index in [1.807, 2.05) is 39.0 Å². The quantitative estimate of drug-likeness (QED) is 0.590. The lowest BCUT2D eigenvalue weighted by Crippen LogP contribution is -2.47. The highest BCUT2D eigenvalue weighted by Gasteiger charge is 2.24. The van der Waals surface area contributed by atoms with Crippen LogP contribution in [0.2, 0.25) is 0 Å². The molecule has 8 nitrogen and oxygen atoms in total. The number of aromatic hydroxyl groups is 1. The Hall–Kier alpha value is -3.90. The fourth-order valence-electron chi connectivity index (χ4n) is 2.88. The summed E-state index contributed by atoms with van der Waals surface area (Å²) < 4.78 is 5.97. The van der Waals surface area contributed by atoms with Crippen molar-refractivity contribution in [2.24, 2.45) is 0 Å². The molecule has 156 valence electrons. The maximum absolute atomic E-state index is 12.4. The molecule has 30 heavy (non-hydrogen) atoms. The third kappa shape index (κ3) is 5.56. The van der Waals surface area contributed by atoms with E-state index in [9.17, 15) is 9.90 Å². The summed E-state index contributed by atoms with van der Waals surface area (Å²) in [6.07, 6.45) is 0.250. The molecule has 0 radical (unpaired) electrons. The van der Waals surface area contributed by atoms with Gasteiger partial charge >= 0.3 is 6.15 Å². The van der Waals surface area contributed by atoms with Crippen LogP contribution < -0.4 is 15.8 Å². The molecule has 0 atom stereocenters. The molecule has 0 aliphatic carbocycles. The second kappa shape index (κ2) is 9.54. The predicted octanol–water partition coefficient (Wildman–Crippen LogP) is 2.83.